The quantitative estimate of drug-likeness (QED) is 0.810. The molecule has 3 rings (SSSR count). The van der Waals surface area contributed by atoms with Gasteiger partial charge in [0, 0.05) is 22.1 Å². The third-order valence-electron chi connectivity index (χ3n) is 5.12. The molecule has 1 amide bonds. The molecule has 0 heterocycles. The number of halogens is 2. The molecule has 0 aliphatic heterocycles. The fourth-order valence-electron chi connectivity index (χ4n) is 4.09. The molecular weight excluding hydrogens is 364 g/mol. The summed E-state index contributed by atoms with van der Waals surface area (Å²) >= 11 is 3.45. The maximum Gasteiger partial charge on any atom is 0.251 e. The number of hydrogen-bond donors (Lipinski definition) is 2. The molecule has 122 valence electrons. The number of fused-ring (bicyclic) bond motifs is 2. The molecule has 3 N–H and O–H groups in total. The van der Waals surface area contributed by atoms with Crippen LogP contribution >= 0.6 is 28.3 Å². The summed E-state index contributed by atoms with van der Waals surface area (Å²) < 4.78 is 0.948. The molecule has 2 bridgehead atoms. The van der Waals surface area contributed by atoms with Crippen molar-refractivity contribution in [2.45, 2.75) is 51.1 Å². The lowest BCUT2D eigenvalue weighted by Gasteiger charge is -2.45. The first-order valence-corrected chi connectivity index (χ1v) is 8.66. The maximum absolute atomic E-state index is 12.6. The van der Waals surface area contributed by atoms with Crippen molar-refractivity contribution in [3.8, 4) is 0 Å². The summed E-state index contributed by atoms with van der Waals surface area (Å²) in [4.78, 5) is 12.6. The van der Waals surface area contributed by atoms with Gasteiger partial charge in [-0.05, 0) is 62.1 Å². The number of aryl methyl sites for hydroxylation is 1. The Morgan fingerprint density at radius 1 is 1.27 bits per heavy atom. The van der Waals surface area contributed by atoms with Crippen molar-refractivity contribution in [2.24, 2.45) is 17.6 Å². The third-order valence-corrected chi connectivity index (χ3v) is 5.61. The summed E-state index contributed by atoms with van der Waals surface area (Å²) in [5, 5.41) is 3.31. The molecular formula is C17H24BrClN2O. The number of benzene rings is 1. The van der Waals surface area contributed by atoms with Gasteiger partial charge in [-0.2, -0.15) is 0 Å². The molecule has 2 atom stereocenters. The minimum absolute atomic E-state index is 0. The SMILES string of the molecule is Cc1ccc(Br)cc1C(=O)NC1C2CCCC1CC(N)C2.Cl. The number of nitrogens with two attached hydrogens (primary N) is 1. The number of amides is 1. The molecule has 2 aliphatic carbocycles. The predicted octanol–water partition coefficient (Wildman–Crippen LogP) is 3.82. The van der Waals surface area contributed by atoms with E-state index in [1.54, 1.807) is 0 Å². The highest BCUT2D eigenvalue weighted by Crippen LogP contribution is 2.39. The lowest BCUT2D eigenvalue weighted by atomic mass is 9.67. The van der Waals surface area contributed by atoms with Gasteiger partial charge in [0.2, 0.25) is 0 Å². The first kappa shape index (κ1) is 17.8. The van der Waals surface area contributed by atoms with Gasteiger partial charge >= 0.3 is 0 Å². The molecule has 2 unspecified atom stereocenters. The first-order chi connectivity index (χ1) is 10.0. The van der Waals surface area contributed by atoms with Crippen molar-refractivity contribution in [1.29, 1.82) is 0 Å². The Morgan fingerprint density at radius 2 is 1.91 bits per heavy atom. The topological polar surface area (TPSA) is 55.1 Å². The van der Waals surface area contributed by atoms with Crippen molar-refractivity contribution in [1.82, 2.24) is 5.32 Å². The van der Waals surface area contributed by atoms with E-state index in [1.807, 2.05) is 25.1 Å². The number of hydrogen-bond acceptors (Lipinski definition) is 2. The fraction of sp³-hybridized carbons (Fsp3) is 0.588. The van der Waals surface area contributed by atoms with Crippen LogP contribution in [0.1, 0.15) is 48.0 Å². The van der Waals surface area contributed by atoms with E-state index in [2.05, 4.69) is 21.2 Å². The Balaban J connectivity index is 0.00000176. The van der Waals surface area contributed by atoms with Crippen LogP contribution in [0, 0.1) is 18.8 Å². The number of carbonyl (C=O) groups is 1. The molecule has 0 spiro atoms. The van der Waals surface area contributed by atoms with Crippen LogP contribution in [-0.2, 0) is 0 Å². The van der Waals surface area contributed by atoms with Gasteiger partial charge in [0.1, 0.15) is 0 Å². The lowest BCUT2D eigenvalue weighted by molar-refractivity contribution is 0.0755. The molecule has 0 radical (unpaired) electrons. The normalized spacial score (nSPS) is 30.3. The first-order valence-electron chi connectivity index (χ1n) is 7.87. The maximum atomic E-state index is 12.6. The second-order valence-corrected chi connectivity index (χ2v) is 7.56. The zero-order chi connectivity index (χ0) is 15.0. The largest absolute Gasteiger partial charge is 0.349 e. The Labute approximate surface area is 147 Å². The predicted molar refractivity (Wildman–Crippen MR) is 95.4 cm³/mol. The van der Waals surface area contributed by atoms with E-state index in [0.29, 0.717) is 23.9 Å². The molecule has 3 nitrogen and oxygen atoms in total. The third kappa shape index (κ3) is 3.66. The molecule has 0 aromatic heterocycles. The summed E-state index contributed by atoms with van der Waals surface area (Å²) in [6.45, 7) is 1.99. The molecule has 1 aromatic carbocycles. The van der Waals surface area contributed by atoms with E-state index in [-0.39, 0.29) is 18.3 Å². The number of rotatable bonds is 2. The second-order valence-electron chi connectivity index (χ2n) is 6.64. The van der Waals surface area contributed by atoms with Crippen LogP contribution in [0.2, 0.25) is 0 Å². The van der Waals surface area contributed by atoms with E-state index in [4.69, 9.17) is 5.73 Å². The zero-order valence-corrected chi connectivity index (χ0v) is 15.3. The fourth-order valence-corrected chi connectivity index (χ4v) is 4.45. The molecule has 1 aromatic rings. The van der Waals surface area contributed by atoms with Crippen molar-refractivity contribution in [2.75, 3.05) is 0 Å². The van der Waals surface area contributed by atoms with Crippen molar-refractivity contribution in [3.05, 3.63) is 33.8 Å². The Morgan fingerprint density at radius 3 is 2.55 bits per heavy atom. The van der Waals surface area contributed by atoms with E-state index in [9.17, 15) is 4.79 Å². The molecule has 2 fully saturated rings. The molecule has 2 saturated carbocycles. The van der Waals surface area contributed by atoms with Crippen LogP contribution in [0.5, 0.6) is 0 Å². The van der Waals surface area contributed by atoms with Gasteiger partial charge in [-0.3, -0.25) is 4.79 Å². The standard InChI is InChI=1S/C17H23BrN2O.ClH/c1-10-5-6-13(18)9-15(10)17(21)20-16-11-3-2-4-12(16)8-14(19)7-11;/h5-6,9,11-12,14,16H,2-4,7-8,19H2,1H3,(H,20,21);1H. The molecule has 5 heteroatoms. The average Bonchev–Trinajstić information content (AvgIpc) is 2.42. The van der Waals surface area contributed by atoms with Crippen molar-refractivity contribution in [3.63, 3.8) is 0 Å². The molecule has 22 heavy (non-hydrogen) atoms. The highest BCUT2D eigenvalue weighted by Gasteiger charge is 2.40. The van der Waals surface area contributed by atoms with Crippen LogP contribution < -0.4 is 11.1 Å². The summed E-state index contributed by atoms with van der Waals surface area (Å²) in [7, 11) is 0. The Hall–Kier alpha value is -0.580. The van der Waals surface area contributed by atoms with Gasteiger partial charge in [0.15, 0.2) is 0 Å². The Kier molecular flexibility index (Phi) is 5.92. The van der Waals surface area contributed by atoms with E-state index < -0.39 is 0 Å². The number of nitrogens with one attached hydrogen (secondary N) is 1. The second kappa shape index (κ2) is 7.33. The van der Waals surface area contributed by atoms with Gasteiger partial charge in [0.25, 0.3) is 5.91 Å². The van der Waals surface area contributed by atoms with Gasteiger partial charge in [-0.1, -0.05) is 28.4 Å². The van der Waals surface area contributed by atoms with Crippen LogP contribution in [0.15, 0.2) is 22.7 Å². The van der Waals surface area contributed by atoms with Crippen LogP contribution in [-0.4, -0.2) is 18.0 Å². The van der Waals surface area contributed by atoms with Gasteiger partial charge in [-0.15, -0.1) is 12.4 Å². The summed E-state index contributed by atoms with van der Waals surface area (Å²) in [5.41, 5.74) is 7.95. The van der Waals surface area contributed by atoms with Gasteiger partial charge < -0.3 is 11.1 Å². The van der Waals surface area contributed by atoms with E-state index >= 15 is 0 Å². The smallest absolute Gasteiger partial charge is 0.251 e. The average molecular weight is 388 g/mol. The van der Waals surface area contributed by atoms with Gasteiger partial charge in [0.05, 0.1) is 0 Å². The van der Waals surface area contributed by atoms with E-state index in [1.165, 1.54) is 19.3 Å². The zero-order valence-electron chi connectivity index (χ0n) is 12.8. The van der Waals surface area contributed by atoms with Crippen LogP contribution in [0.3, 0.4) is 0 Å². The van der Waals surface area contributed by atoms with Gasteiger partial charge in [-0.25, -0.2) is 0 Å². The van der Waals surface area contributed by atoms with Crippen LogP contribution in [0.4, 0.5) is 0 Å². The minimum atomic E-state index is 0. The minimum Gasteiger partial charge on any atom is -0.349 e. The summed E-state index contributed by atoms with van der Waals surface area (Å²) in [6.07, 6.45) is 5.79. The van der Waals surface area contributed by atoms with Crippen LogP contribution in [0.25, 0.3) is 0 Å². The van der Waals surface area contributed by atoms with Crippen molar-refractivity contribution < 1.29 is 4.79 Å². The summed E-state index contributed by atoms with van der Waals surface area (Å²) in [5.74, 6) is 1.18. The highest BCUT2D eigenvalue weighted by molar-refractivity contribution is 9.10. The molecule has 2 aliphatic rings. The summed E-state index contributed by atoms with van der Waals surface area (Å²) in [6, 6.07) is 6.50. The monoisotopic (exact) mass is 386 g/mol. The lowest BCUT2D eigenvalue weighted by Crippen LogP contribution is -2.53. The Bertz CT molecular complexity index is 537. The molecule has 0 saturated heterocycles. The number of carbonyl (C=O) groups excluding carboxylic acids is 1. The van der Waals surface area contributed by atoms with Crippen molar-refractivity contribution >= 4 is 34.2 Å². The highest BCUT2D eigenvalue weighted by atomic mass is 79.9. The van der Waals surface area contributed by atoms with E-state index in [0.717, 1.165) is 28.4 Å².